The molecule has 0 unspecified atom stereocenters. The first-order valence-corrected chi connectivity index (χ1v) is 9.36. The minimum absolute atomic E-state index is 0.0358. The second-order valence-electron chi connectivity index (χ2n) is 6.43. The maximum absolute atomic E-state index is 12.1. The summed E-state index contributed by atoms with van der Waals surface area (Å²) in [6.07, 6.45) is 11.7. The summed E-state index contributed by atoms with van der Waals surface area (Å²) in [4.78, 5) is 39.2. The lowest BCUT2D eigenvalue weighted by atomic mass is 10.1. The van der Waals surface area contributed by atoms with Gasteiger partial charge in [0.1, 0.15) is 12.3 Å². The number of methoxy groups -OCH3 is 1. The van der Waals surface area contributed by atoms with Crippen molar-refractivity contribution in [1.29, 1.82) is 0 Å². The molecule has 1 heterocycles. The Morgan fingerprint density at radius 1 is 1.31 bits per heavy atom. The molecule has 154 valence electrons. The Hall–Kier alpha value is -3.42. The number of aromatic nitrogens is 1. The monoisotopic (exact) mass is 399 g/mol. The van der Waals surface area contributed by atoms with Crippen molar-refractivity contribution in [2.45, 2.75) is 32.6 Å². The zero-order chi connectivity index (χ0) is 21.2. The summed E-state index contributed by atoms with van der Waals surface area (Å²) in [7, 11) is 1.21. The number of carbonyl (C=O) groups excluding carboxylic acids is 3. The van der Waals surface area contributed by atoms with E-state index < -0.39 is 11.9 Å². The van der Waals surface area contributed by atoms with E-state index in [9.17, 15) is 19.5 Å². The van der Waals surface area contributed by atoms with Gasteiger partial charge in [0.15, 0.2) is 5.69 Å². The van der Waals surface area contributed by atoms with Crippen LogP contribution >= 0.6 is 0 Å². The van der Waals surface area contributed by atoms with Crippen molar-refractivity contribution >= 4 is 23.4 Å². The number of nitrogens with zero attached hydrogens (tertiary/aromatic N) is 1. The van der Waals surface area contributed by atoms with E-state index in [2.05, 4.69) is 20.4 Å². The number of pyridine rings is 1. The molecule has 0 atom stereocenters. The number of hydrogen-bond donors (Lipinski definition) is 3. The van der Waals surface area contributed by atoms with Crippen molar-refractivity contribution in [3.8, 4) is 5.75 Å². The van der Waals surface area contributed by atoms with Gasteiger partial charge < -0.3 is 20.5 Å². The van der Waals surface area contributed by atoms with Crippen LogP contribution in [0.25, 0.3) is 5.57 Å². The Labute approximate surface area is 169 Å². The molecule has 2 rings (SSSR count). The van der Waals surface area contributed by atoms with E-state index in [-0.39, 0.29) is 23.9 Å². The summed E-state index contributed by atoms with van der Waals surface area (Å²) in [6, 6.07) is 1.41. The fourth-order valence-corrected chi connectivity index (χ4v) is 2.60. The normalized spacial score (nSPS) is 13.0. The lowest BCUT2D eigenvalue weighted by Gasteiger charge is -2.10. The molecule has 2 amide bonds. The van der Waals surface area contributed by atoms with Crippen LogP contribution in [0, 0.1) is 0 Å². The molecule has 0 saturated carbocycles. The van der Waals surface area contributed by atoms with Gasteiger partial charge in [-0.05, 0) is 24.1 Å². The minimum atomic E-state index is -0.686. The van der Waals surface area contributed by atoms with Crippen LogP contribution in [0.3, 0.4) is 0 Å². The van der Waals surface area contributed by atoms with Gasteiger partial charge in [0.25, 0.3) is 5.91 Å². The lowest BCUT2D eigenvalue weighted by Crippen LogP contribution is -2.30. The van der Waals surface area contributed by atoms with Crippen molar-refractivity contribution in [3.63, 3.8) is 0 Å². The molecular formula is C21H25N3O5. The molecule has 0 radical (unpaired) electrons. The first-order chi connectivity index (χ1) is 13.9. The molecule has 0 aromatic carbocycles. The molecule has 1 aliphatic carbocycles. The molecular weight excluding hydrogens is 374 g/mol. The number of carbonyl (C=O) groups is 3. The number of hydrogen-bond acceptors (Lipinski definition) is 6. The topological polar surface area (TPSA) is 118 Å². The summed E-state index contributed by atoms with van der Waals surface area (Å²) < 4.78 is 4.45. The highest BCUT2D eigenvalue weighted by molar-refractivity contribution is 5.97. The standard InChI is InChI=1S/C21H25N3O5/c1-3-4-9-18(26)24-16-8-6-5-7-14(10-16)15-11-17(25)20(22-12-15)21(28)23-13-19(27)29-2/h5-7,10-12,25H,3-4,8-9,13H2,1-2H3,(H,23,28)(H,24,26). The van der Waals surface area contributed by atoms with Crippen LogP contribution in [0.2, 0.25) is 0 Å². The summed E-state index contributed by atoms with van der Waals surface area (Å²) >= 11 is 0. The molecule has 29 heavy (non-hydrogen) atoms. The molecule has 1 aliphatic rings. The van der Waals surface area contributed by atoms with Crippen LogP contribution in [0.15, 0.2) is 42.3 Å². The van der Waals surface area contributed by atoms with Crippen LogP contribution in [0.5, 0.6) is 5.75 Å². The van der Waals surface area contributed by atoms with Gasteiger partial charge in [0, 0.05) is 30.3 Å². The van der Waals surface area contributed by atoms with Crippen molar-refractivity contribution in [2.75, 3.05) is 13.7 Å². The van der Waals surface area contributed by atoms with Gasteiger partial charge in [-0.2, -0.15) is 0 Å². The van der Waals surface area contributed by atoms with Crippen molar-refractivity contribution in [2.24, 2.45) is 0 Å². The van der Waals surface area contributed by atoms with E-state index in [1.54, 1.807) is 0 Å². The second kappa shape index (κ2) is 10.8. The molecule has 3 N–H and O–H groups in total. The number of allylic oxidation sites excluding steroid dienone is 5. The van der Waals surface area contributed by atoms with Crippen molar-refractivity contribution < 1.29 is 24.2 Å². The van der Waals surface area contributed by atoms with Crippen LogP contribution in [-0.4, -0.2) is 41.5 Å². The molecule has 8 heteroatoms. The van der Waals surface area contributed by atoms with E-state index in [1.807, 2.05) is 31.2 Å². The SMILES string of the molecule is CCCCC(=O)NC1=CC(c2cnc(C(=O)NCC(=O)OC)c(O)c2)=CC=CC1. The number of esters is 1. The van der Waals surface area contributed by atoms with Crippen LogP contribution in [-0.2, 0) is 14.3 Å². The van der Waals surface area contributed by atoms with E-state index in [0.717, 1.165) is 24.1 Å². The van der Waals surface area contributed by atoms with Gasteiger partial charge in [0.2, 0.25) is 5.91 Å². The summed E-state index contributed by atoms with van der Waals surface area (Å²) in [5, 5.41) is 15.5. The Morgan fingerprint density at radius 2 is 2.10 bits per heavy atom. The smallest absolute Gasteiger partial charge is 0.325 e. The third-order valence-corrected chi connectivity index (χ3v) is 4.17. The molecule has 0 aliphatic heterocycles. The molecule has 0 bridgehead atoms. The molecule has 8 nitrogen and oxygen atoms in total. The Kier molecular flexibility index (Phi) is 8.14. The van der Waals surface area contributed by atoms with Gasteiger partial charge in [-0.1, -0.05) is 31.6 Å². The average molecular weight is 399 g/mol. The third-order valence-electron chi connectivity index (χ3n) is 4.17. The number of aromatic hydroxyl groups is 1. The van der Waals surface area contributed by atoms with Gasteiger partial charge >= 0.3 is 5.97 Å². The largest absolute Gasteiger partial charge is 0.505 e. The van der Waals surface area contributed by atoms with Crippen LogP contribution in [0.4, 0.5) is 0 Å². The summed E-state index contributed by atoms with van der Waals surface area (Å²) in [5.74, 6) is -1.65. The van der Waals surface area contributed by atoms with Gasteiger partial charge in [-0.15, -0.1) is 0 Å². The summed E-state index contributed by atoms with van der Waals surface area (Å²) in [6.45, 7) is 1.71. The van der Waals surface area contributed by atoms with E-state index in [0.29, 0.717) is 18.4 Å². The molecule has 1 aromatic rings. The first kappa shape index (κ1) is 21.9. The minimum Gasteiger partial charge on any atom is -0.505 e. The number of ether oxygens (including phenoxy) is 1. The fraction of sp³-hybridized carbons (Fsp3) is 0.333. The van der Waals surface area contributed by atoms with Crippen molar-refractivity contribution in [1.82, 2.24) is 15.6 Å². The van der Waals surface area contributed by atoms with Gasteiger partial charge in [0.05, 0.1) is 7.11 Å². The van der Waals surface area contributed by atoms with Gasteiger partial charge in [-0.25, -0.2) is 4.98 Å². The van der Waals surface area contributed by atoms with Gasteiger partial charge in [-0.3, -0.25) is 14.4 Å². The highest BCUT2D eigenvalue weighted by Crippen LogP contribution is 2.25. The lowest BCUT2D eigenvalue weighted by molar-refractivity contribution is -0.139. The zero-order valence-corrected chi connectivity index (χ0v) is 16.5. The van der Waals surface area contributed by atoms with Crippen molar-refractivity contribution in [3.05, 3.63) is 53.5 Å². The number of unbranched alkanes of at least 4 members (excludes halogenated alkanes) is 1. The predicted octanol–water partition coefficient (Wildman–Crippen LogP) is 2.22. The number of amides is 2. The third kappa shape index (κ3) is 6.60. The van der Waals surface area contributed by atoms with Crippen LogP contribution in [0.1, 0.15) is 48.7 Å². The Bertz CT molecular complexity index is 871. The number of rotatable bonds is 8. The molecule has 1 aromatic heterocycles. The maximum atomic E-state index is 12.1. The van der Waals surface area contributed by atoms with E-state index in [4.69, 9.17) is 0 Å². The van der Waals surface area contributed by atoms with E-state index >= 15 is 0 Å². The molecule has 0 saturated heterocycles. The maximum Gasteiger partial charge on any atom is 0.325 e. The quantitative estimate of drug-likeness (QED) is 0.577. The molecule has 0 spiro atoms. The highest BCUT2D eigenvalue weighted by atomic mass is 16.5. The Morgan fingerprint density at radius 3 is 2.79 bits per heavy atom. The van der Waals surface area contributed by atoms with E-state index in [1.165, 1.54) is 19.4 Å². The summed E-state index contributed by atoms with van der Waals surface area (Å²) in [5.41, 5.74) is 1.86. The molecule has 0 fully saturated rings. The number of nitrogens with one attached hydrogen (secondary N) is 2. The average Bonchev–Trinajstić information content (AvgIpc) is 2.95. The zero-order valence-electron chi connectivity index (χ0n) is 16.5. The first-order valence-electron chi connectivity index (χ1n) is 9.36. The Balaban J connectivity index is 2.15. The highest BCUT2D eigenvalue weighted by Gasteiger charge is 2.16. The predicted molar refractivity (Wildman–Crippen MR) is 108 cm³/mol. The fourth-order valence-electron chi connectivity index (χ4n) is 2.60. The second-order valence-corrected chi connectivity index (χ2v) is 6.43. The van der Waals surface area contributed by atoms with Crippen LogP contribution < -0.4 is 10.6 Å².